The van der Waals surface area contributed by atoms with Crippen LogP contribution in [0.3, 0.4) is 0 Å². The molecule has 1 aromatic rings. The SMILES string of the molecule is CCc1nn(C)c(C(=O)N(C)CCC#N)c1N. The standard InChI is InChI=1S/C11H17N5O/c1-4-8-9(13)10(16(3)14-8)11(17)15(2)7-5-6-12/h4-5,7,13H2,1-3H3. The van der Waals surface area contributed by atoms with E-state index < -0.39 is 0 Å². The van der Waals surface area contributed by atoms with Gasteiger partial charge in [0.2, 0.25) is 0 Å². The predicted molar refractivity (Wildman–Crippen MR) is 64.2 cm³/mol. The molecule has 0 bridgehead atoms. The second kappa shape index (κ2) is 5.34. The number of nitriles is 1. The van der Waals surface area contributed by atoms with Gasteiger partial charge >= 0.3 is 0 Å². The molecular weight excluding hydrogens is 218 g/mol. The zero-order valence-electron chi connectivity index (χ0n) is 10.4. The second-order valence-electron chi connectivity index (χ2n) is 3.82. The number of hydrogen-bond donors (Lipinski definition) is 1. The van der Waals surface area contributed by atoms with Crippen molar-refractivity contribution in [2.24, 2.45) is 7.05 Å². The maximum Gasteiger partial charge on any atom is 0.274 e. The molecule has 0 radical (unpaired) electrons. The Morgan fingerprint density at radius 3 is 2.76 bits per heavy atom. The molecule has 0 saturated heterocycles. The highest BCUT2D eigenvalue weighted by molar-refractivity contribution is 5.97. The highest BCUT2D eigenvalue weighted by Gasteiger charge is 2.21. The Balaban J connectivity index is 2.96. The summed E-state index contributed by atoms with van der Waals surface area (Å²) in [6.45, 7) is 2.33. The topological polar surface area (TPSA) is 87.9 Å². The molecule has 0 aliphatic carbocycles. The van der Waals surface area contributed by atoms with Crippen molar-refractivity contribution in [1.82, 2.24) is 14.7 Å². The Hall–Kier alpha value is -2.03. The summed E-state index contributed by atoms with van der Waals surface area (Å²) in [5.41, 5.74) is 7.44. The lowest BCUT2D eigenvalue weighted by Gasteiger charge is -2.15. The highest BCUT2D eigenvalue weighted by atomic mass is 16.2. The minimum atomic E-state index is -0.201. The number of hydrogen-bond acceptors (Lipinski definition) is 4. The van der Waals surface area contributed by atoms with Crippen LogP contribution in [0.1, 0.15) is 29.5 Å². The first-order valence-corrected chi connectivity index (χ1v) is 5.46. The molecule has 0 atom stereocenters. The number of nitrogen functional groups attached to an aromatic ring is 1. The van der Waals surface area contributed by atoms with Crippen LogP contribution in [0.4, 0.5) is 5.69 Å². The Labute approximate surface area is 101 Å². The summed E-state index contributed by atoms with van der Waals surface area (Å²) in [7, 11) is 3.35. The average Bonchev–Trinajstić information content (AvgIpc) is 2.60. The van der Waals surface area contributed by atoms with Crippen LogP contribution in [0.15, 0.2) is 0 Å². The third-order valence-corrected chi connectivity index (χ3v) is 2.60. The van der Waals surface area contributed by atoms with Gasteiger partial charge in [0.15, 0.2) is 0 Å². The minimum Gasteiger partial charge on any atom is -0.395 e. The van der Waals surface area contributed by atoms with E-state index in [1.807, 2.05) is 13.0 Å². The van der Waals surface area contributed by atoms with E-state index in [0.29, 0.717) is 30.8 Å². The van der Waals surface area contributed by atoms with Gasteiger partial charge in [-0.25, -0.2) is 0 Å². The van der Waals surface area contributed by atoms with Gasteiger partial charge in [-0.05, 0) is 6.42 Å². The summed E-state index contributed by atoms with van der Waals surface area (Å²) in [6.07, 6.45) is 0.996. The number of carbonyl (C=O) groups is 1. The number of aromatic nitrogens is 2. The lowest BCUT2D eigenvalue weighted by atomic mass is 10.2. The van der Waals surface area contributed by atoms with E-state index in [0.717, 1.165) is 5.69 Å². The van der Waals surface area contributed by atoms with Gasteiger partial charge in [0.1, 0.15) is 5.69 Å². The predicted octanol–water partition coefficient (Wildman–Crippen LogP) is 0.550. The molecule has 0 aromatic carbocycles. The number of nitrogens with two attached hydrogens (primary N) is 1. The van der Waals surface area contributed by atoms with Crippen molar-refractivity contribution >= 4 is 11.6 Å². The van der Waals surface area contributed by atoms with Crippen molar-refractivity contribution in [3.05, 3.63) is 11.4 Å². The van der Waals surface area contributed by atoms with Crippen LogP contribution in [0.5, 0.6) is 0 Å². The Kier molecular flexibility index (Phi) is 4.10. The molecule has 1 amide bonds. The fourth-order valence-corrected chi connectivity index (χ4v) is 1.61. The normalized spacial score (nSPS) is 10.0. The van der Waals surface area contributed by atoms with Crippen LogP contribution in [-0.4, -0.2) is 34.2 Å². The van der Waals surface area contributed by atoms with Gasteiger partial charge in [0, 0.05) is 20.6 Å². The van der Waals surface area contributed by atoms with E-state index in [9.17, 15) is 4.79 Å². The molecule has 0 aliphatic rings. The van der Waals surface area contributed by atoms with Gasteiger partial charge in [-0.15, -0.1) is 0 Å². The fourth-order valence-electron chi connectivity index (χ4n) is 1.61. The van der Waals surface area contributed by atoms with Crippen LogP contribution in [0.25, 0.3) is 0 Å². The molecule has 0 spiro atoms. The maximum atomic E-state index is 12.1. The van der Waals surface area contributed by atoms with Crippen LogP contribution in [0.2, 0.25) is 0 Å². The van der Waals surface area contributed by atoms with Crippen molar-refractivity contribution in [1.29, 1.82) is 5.26 Å². The summed E-state index contributed by atoms with van der Waals surface area (Å²) >= 11 is 0. The van der Waals surface area contributed by atoms with Gasteiger partial charge in [-0.3, -0.25) is 9.48 Å². The van der Waals surface area contributed by atoms with Crippen LogP contribution in [-0.2, 0) is 13.5 Å². The molecule has 1 rings (SSSR count). The second-order valence-corrected chi connectivity index (χ2v) is 3.82. The molecule has 6 heteroatoms. The van der Waals surface area contributed by atoms with Gasteiger partial charge < -0.3 is 10.6 Å². The molecular formula is C11H17N5O. The van der Waals surface area contributed by atoms with Crippen LogP contribution >= 0.6 is 0 Å². The van der Waals surface area contributed by atoms with Crippen molar-refractivity contribution in [2.75, 3.05) is 19.3 Å². The van der Waals surface area contributed by atoms with Gasteiger partial charge in [-0.2, -0.15) is 10.4 Å². The number of amides is 1. The quantitative estimate of drug-likeness (QED) is 0.825. The zero-order valence-corrected chi connectivity index (χ0v) is 10.4. The van der Waals surface area contributed by atoms with Gasteiger partial charge in [-0.1, -0.05) is 6.92 Å². The lowest BCUT2D eigenvalue weighted by Crippen LogP contribution is -2.30. The van der Waals surface area contributed by atoms with E-state index in [2.05, 4.69) is 5.10 Å². The van der Waals surface area contributed by atoms with Gasteiger partial charge in [0.25, 0.3) is 5.91 Å². The van der Waals surface area contributed by atoms with Crippen LogP contribution in [0, 0.1) is 11.3 Å². The number of rotatable bonds is 4. The average molecular weight is 235 g/mol. The molecule has 0 saturated carbocycles. The van der Waals surface area contributed by atoms with E-state index in [-0.39, 0.29) is 5.91 Å². The third kappa shape index (κ3) is 2.56. The van der Waals surface area contributed by atoms with E-state index in [4.69, 9.17) is 11.0 Å². The van der Waals surface area contributed by atoms with Crippen molar-refractivity contribution in [3.63, 3.8) is 0 Å². The molecule has 6 nitrogen and oxygen atoms in total. The third-order valence-electron chi connectivity index (χ3n) is 2.60. The van der Waals surface area contributed by atoms with Crippen molar-refractivity contribution in [2.45, 2.75) is 19.8 Å². The Bertz CT molecular complexity index is 457. The van der Waals surface area contributed by atoms with Crippen molar-refractivity contribution < 1.29 is 4.79 Å². The fraction of sp³-hybridized carbons (Fsp3) is 0.545. The summed E-state index contributed by atoms with van der Waals surface area (Å²) in [6, 6.07) is 2.00. The molecule has 17 heavy (non-hydrogen) atoms. The summed E-state index contributed by atoms with van der Waals surface area (Å²) in [4.78, 5) is 13.6. The summed E-state index contributed by atoms with van der Waals surface area (Å²) in [5, 5.41) is 12.7. The van der Waals surface area contributed by atoms with E-state index >= 15 is 0 Å². The maximum absolute atomic E-state index is 12.1. The van der Waals surface area contributed by atoms with E-state index in [1.54, 1.807) is 14.1 Å². The monoisotopic (exact) mass is 235 g/mol. The first-order chi connectivity index (χ1) is 8.02. The highest BCUT2D eigenvalue weighted by Crippen LogP contribution is 2.18. The number of carbonyl (C=O) groups excluding carboxylic acids is 1. The Morgan fingerprint density at radius 2 is 2.29 bits per heavy atom. The lowest BCUT2D eigenvalue weighted by molar-refractivity contribution is 0.0788. The molecule has 92 valence electrons. The molecule has 1 heterocycles. The number of anilines is 1. The van der Waals surface area contributed by atoms with Gasteiger partial charge in [0.05, 0.1) is 23.9 Å². The zero-order chi connectivity index (χ0) is 13.0. The Morgan fingerprint density at radius 1 is 1.65 bits per heavy atom. The van der Waals surface area contributed by atoms with E-state index in [1.165, 1.54) is 9.58 Å². The summed E-state index contributed by atoms with van der Waals surface area (Å²) < 4.78 is 1.50. The molecule has 2 N–H and O–H groups in total. The number of aryl methyl sites for hydroxylation is 2. The number of nitrogens with zero attached hydrogens (tertiary/aromatic N) is 4. The molecule has 1 aromatic heterocycles. The largest absolute Gasteiger partial charge is 0.395 e. The molecule has 0 unspecified atom stereocenters. The smallest absolute Gasteiger partial charge is 0.274 e. The van der Waals surface area contributed by atoms with Crippen molar-refractivity contribution in [3.8, 4) is 6.07 Å². The summed E-state index contributed by atoms with van der Waals surface area (Å²) in [5.74, 6) is -0.201. The van der Waals surface area contributed by atoms with Crippen LogP contribution < -0.4 is 5.73 Å². The first kappa shape index (κ1) is 13.0. The minimum absolute atomic E-state index is 0.201. The molecule has 0 fully saturated rings. The first-order valence-electron chi connectivity index (χ1n) is 5.46. The molecule has 0 aliphatic heterocycles.